The van der Waals surface area contributed by atoms with Gasteiger partial charge in [0.05, 0.1) is 6.04 Å². The largest absolute Gasteiger partial charge is 0.480 e. The summed E-state index contributed by atoms with van der Waals surface area (Å²) in [5.74, 6) is -0.703. The van der Waals surface area contributed by atoms with E-state index in [0.29, 0.717) is 0 Å². The zero-order valence-corrected chi connectivity index (χ0v) is 13.6. The van der Waals surface area contributed by atoms with E-state index in [2.05, 4.69) is 36.1 Å². The Balaban J connectivity index is 2.01. The van der Waals surface area contributed by atoms with Gasteiger partial charge in [-0.15, -0.1) is 11.3 Å². The third kappa shape index (κ3) is 2.94. The highest BCUT2D eigenvalue weighted by molar-refractivity contribution is 7.12. The van der Waals surface area contributed by atoms with Gasteiger partial charge in [-0.05, 0) is 37.0 Å². The summed E-state index contributed by atoms with van der Waals surface area (Å²) in [6, 6.07) is 14.3. The van der Waals surface area contributed by atoms with Gasteiger partial charge < -0.3 is 5.11 Å². The lowest BCUT2D eigenvalue weighted by Crippen LogP contribution is -2.38. The Kier molecular flexibility index (Phi) is 4.60. The number of rotatable bonds is 5. The molecule has 1 fully saturated rings. The monoisotopic (exact) mass is 315 g/mol. The van der Waals surface area contributed by atoms with Crippen LogP contribution in [0.3, 0.4) is 0 Å². The van der Waals surface area contributed by atoms with Crippen LogP contribution >= 0.6 is 11.3 Å². The van der Waals surface area contributed by atoms with Crippen LogP contribution in [0.15, 0.2) is 42.5 Å². The summed E-state index contributed by atoms with van der Waals surface area (Å²) < 4.78 is 0. The number of aliphatic carboxylic acids is 1. The van der Waals surface area contributed by atoms with E-state index in [1.165, 1.54) is 15.3 Å². The Bertz CT molecular complexity index is 638. The van der Waals surface area contributed by atoms with E-state index < -0.39 is 5.97 Å². The molecule has 1 aliphatic heterocycles. The molecule has 2 unspecified atom stereocenters. The van der Waals surface area contributed by atoms with E-state index in [-0.39, 0.29) is 12.1 Å². The second-order valence-electron chi connectivity index (χ2n) is 5.70. The van der Waals surface area contributed by atoms with Gasteiger partial charge in [-0.25, -0.2) is 0 Å². The van der Waals surface area contributed by atoms with Gasteiger partial charge in [0.15, 0.2) is 0 Å². The summed E-state index contributed by atoms with van der Waals surface area (Å²) in [4.78, 5) is 16.4. The lowest BCUT2D eigenvalue weighted by Gasteiger charge is -2.31. The molecule has 0 amide bonds. The number of hydrogen-bond acceptors (Lipinski definition) is 3. The van der Waals surface area contributed by atoms with Crippen LogP contribution in [0.4, 0.5) is 0 Å². The minimum atomic E-state index is -0.703. The summed E-state index contributed by atoms with van der Waals surface area (Å²) in [7, 11) is 0. The third-order valence-corrected chi connectivity index (χ3v) is 5.61. The summed E-state index contributed by atoms with van der Waals surface area (Å²) >= 11 is 1.80. The first-order chi connectivity index (χ1) is 10.7. The molecular formula is C18H21NO2S. The van der Waals surface area contributed by atoms with Crippen molar-refractivity contribution in [1.29, 1.82) is 0 Å². The van der Waals surface area contributed by atoms with Gasteiger partial charge >= 0.3 is 5.97 Å². The van der Waals surface area contributed by atoms with Crippen molar-refractivity contribution in [3.8, 4) is 0 Å². The standard InChI is InChI=1S/C18H21NO2S/c1-2-14-10-11-16(22-14)17(13-7-4-3-5-8-13)19-12-6-9-15(19)18(20)21/h3-5,7-8,10-11,15,17H,2,6,9,12H2,1H3,(H,20,21). The number of hydrogen-bond donors (Lipinski definition) is 1. The molecule has 2 heterocycles. The van der Waals surface area contributed by atoms with Crippen LogP contribution in [0.2, 0.25) is 0 Å². The third-order valence-electron chi connectivity index (χ3n) is 4.33. The highest BCUT2D eigenvalue weighted by Gasteiger charge is 2.37. The molecular weight excluding hydrogens is 294 g/mol. The van der Waals surface area contributed by atoms with E-state index >= 15 is 0 Å². The SMILES string of the molecule is CCc1ccc(C(c2ccccc2)N2CCCC2C(=O)O)s1. The van der Waals surface area contributed by atoms with E-state index in [1.54, 1.807) is 11.3 Å². The Hall–Kier alpha value is -1.65. The van der Waals surface area contributed by atoms with Crippen LogP contribution in [-0.4, -0.2) is 28.6 Å². The topological polar surface area (TPSA) is 40.5 Å². The number of thiophene rings is 1. The number of carboxylic acids is 1. The molecule has 0 radical (unpaired) electrons. The first-order valence-corrected chi connectivity index (χ1v) is 8.64. The average Bonchev–Trinajstić information content (AvgIpc) is 3.18. The fourth-order valence-electron chi connectivity index (χ4n) is 3.25. The maximum absolute atomic E-state index is 11.6. The van der Waals surface area contributed by atoms with Crippen molar-refractivity contribution in [1.82, 2.24) is 4.90 Å². The van der Waals surface area contributed by atoms with E-state index in [0.717, 1.165) is 25.8 Å². The Labute approximate surface area is 135 Å². The zero-order valence-electron chi connectivity index (χ0n) is 12.7. The molecule has 4 heteroatoms. The van der Waals surface area contributed by atoms with Crippen molar-refractivity contribution in [3.63, 3.8) is 0 Å². The van der Waals surface area contributed by atoms with Gasteiger partial charge in [0, 0.05) is 16.3 Å². The maximum Gasteiger partial charge on any atom is 0.320 e. The van der Waals surface area contributed by atoms with Crippen LogP contribution in [0.5, 0.6) is 0 Å². The predicted molar refractivity (Wildman–Crippen MR) is 89.3 cm³/mol. The van der Waals surface area contributed by atoms with Crippen molar-refractivity contribution in [2.24, 2.45) is 0 Å². The van der Waals surface area contributed by atoms with Crippen molar-refractivity contribution in [2.45, 2.75) is 38.3 Å². The molecule has 0 spiro atoms. The van der Waals surface area contributed by atoms with Crippen molar-refractivity contribution in [3.05, 3.63) is 57.8 Å². The number of likely N-dealkylation sites (tertiary alicyclic amines) is 1. The van der Waals surface area contributed by atoms with Crippen molar-refractivity contribution >= 4 is 17.3 Å². The molecule has 1 N–H and O–H groups in total. The molecule has 1 aromatic heterocycles. The summed E-state index contributed by atoms with van der Waals surface area (Å²) in [5.41, 5.74) is 1.18. The molecule has 0 bridgehead atoms. The molecule has 0 aliphatic carbocycles. The molecule has 3 rings (SSSR count). The van der Waals surface area contributed by atoms with Crippen LogP contribution in [0.25, 0.3) is 0 Å². The number of aryl methyl sites for hydroxylation is 1. The van der Waals surface area contributed by atoms with E-state index in [4.69, 9.17) is 0 Å². The lowest BCUT2D eigenvalue weighted by atomic mass is 10.0. The molecule has 0 saturated carbocycles. The highest BCUT2D eigenvalue weighted by Crippen LogP contribution is 2.38. The minimum Gasteiger partial charge on any atom is -0.480 e. The van der Waals surface area contributed by atoms with Gasteiger partial charge in [-0.1, -0.05) is 37.3 Å². The average molecular weight is 315 g/mol. The van der Waals surface area contributed by atoms with Crippen molar-refractivity contribution < 1.29 is 9.90 Å². The smallest absolute Gasteiger partial charge is 0.320 e. The highest BCUT2D eigenvalue weighted by atomic mass is 32.1. The van der Waals surface area contributed by atoms with E-state index in [1.807, 2.05) is 18.2 Å². The fraction of sp³-hybridized carbons (Fsp3) is 0.389. The lowest BCUT2D eigenvalue weighted by molar-refractivity contribution is -0.142. The second kappa shape index (κ2) is 6.63. The number of nitrogens with zero attached hydrogens (tertiary/aromatic N) is 1. The van der Waals surface area contributed by atoms with E-state index in [9.17, 15) is 9.90 Å². The number of benzene rings is 1. The zero-order chi connectivity index (χ0) is 15.5. The van der Waals surface area contributed by atoms with Crippen LogP contribution in [-0.2, 0) is 11.2 Å². The summed E-state index contributed by atoms with van der Waals surface area (Å²) in [5, 5.41) is 9.54. The van der Waals surface area contributed by atoms with Crippen LogP contribution < -0.4 is 0 Å². The van der Waals surface area contributed by atoms with Crippen LogP contribution in [0, 0.1) is 0 Å². The quantitative estimate of drug-likeness (QED) is 0.908. The fourth-order valence-corrected chi connectivity index (χ4v) is 4.35. The van der Waals surface area contributed by atoms with Gasteiger partial charge in [0.2, 0.25) is 0 Å². The molecule has 22 heavy (non-hydrogen) atoms. The van der Waals surface area contributed by atoms with Gasteiger partial charge in [-0.3, -0.25) is 9.69 Å². The van der Waals surface area contributed by atoms with Gasteiger partial charge in [-0.2, -0.15) is 0 Å². The van der Waals surface area contributed by atoms with Crippen molar-refractivity contribution in [2.75, 3.05) is 6.54 Å². The number of carboxylic acid groups (broad SMARTS) is 1. The molecule has 1 aromatic carbocycles. The summed E-state index contributed by atoms with van der Waals surface area (Å²) in [6.07, 6.45) is 2.71. The molecule has 2 atom stereocenters. The Morgan fingerprint density at radius 3 is 2.73 bits per heavy atom. The Morgan fingerprint density at radius 2 is 2.09 bits per heavy atom. The molecule has 116 valence electrons. The molecule has 2 aromatic rings. The predicted octanol–water partition coefficient (Wildman–Crippen LogP) is 3.95. The number of carbonyl (C=O) groups is 1. The first-order valence-electron chi connectivity index (χ1n) is 7.82. The van der Waals surface area contributed by atoms with Crippen LogP contribution in [0.1, 0.15) is 41.1 Å². The molecule has 1 saturated heterocycles. The summed E-state index contributed by atoms with van der Waals surface area (Å²) in [6.45, 7) is 3.00. The van der Waals surface area contributed by atoms with Gasteiger partial charge in [0.25, 0.3) is 0 Å². The molecule has 3 nitrogen and oxygen atoms in total. The normalized spacial score (nSPS) is 20.1. The Morgan fingerprint density at radius 1 is 1.32 bits per heavy atom. The molecule has 1 aliphatic rings. The first kappa shape index (κ1) is 15.3. The van der Waals surface area contributed by atoms with Gasteiger partial charge in [0.1, 0.15) is 6.04 Å². The maximum atomic E-state index is 11.6. The minimum absolute atomic E-state index is 0.0510. The second-order valence-corrected chi connectivity index (χ2v) is 6.90.